The maximum atomic E-state index is 5.13. The van der Waals surface area contributed by atoms with E-state index in [1.807, 2.05) is 31.2 Å². The Kier molecular flexibility index (Phi) is 4.10. The van der Waals surface area contributed by atoms with Gasteiger partial charge in [0.25, 0.3) is 0 Å². The van der Waals surface area contributed by atoms with Crippen LogP contribution in [0, 0.1) is 6.92 Å². The highest BCUT2D eigenvalue weighted by atomic mass is 16.5. The number of hydrogen-bond acceptors (Lipinski definition) is 6. The van der Waals surface area contributed by atoms with Gasteiger partial charge in [-0.3, -0.25) is 0 Å². The van der Waals surface area contributed by atoms with Gasteiger partial charge in [-0.25, -0.2) is 9.97 Å². The van der Waals surface area contributed by atoms with E-state index in [0.717, 1.165) is 28.0 Å². The number of ether oxygens (including phenoxy) is 1. The van der Waals surface area contributed by atoms with Crippen LogP contribution in [0.5, 0.6) is 5.88 Å². The van der Waals surface area contributed by atoms with Crippen molar-refractivity contribution < 1.29 is 4.74 Å². The SMILES string of the molecule is COc1cc(Nc2nccc(Nc3ccc4[nH]c(C)cc4c3)n2)ccn1. The first kappa shape index (κ1) is 15.9. The summed E-state index contributed by atoms with van der Waals surface area (Å²) in [4.78, 5) is 16.2. The molecule has 4 aromatic rings. The molecule has 0 radical (unpaired) electrons. The fraction of sp³-hybridized carbons (Fsp3) is 0.105. The van der Waals surface area contributed by atoms with Crippen molar-refractivity contribution in [1.29, 1.82) is 0 Å². The molecule has 26 heavy (non-hydrogen) atoms. The molecule has 0 aliphatic carbocycles. The van der Waals surface area contributed by atoms with Crippen LogP contribution >= 0.6 is 0 Å². The summed E-state index contributed by atoms with van der Waals surface area (Å²) >= 11 is 0. The van der Waals surface area contributed by atoms with E-state index < -0.39 is 0 Å². The van der Waals surface area contributed by atoms with Crippen LogP contribution in [-0.4, -0.2) is 27.0 Å². The fourth-order valence-corrected chi connectivity index (χ4v) is 2.72. The molecule has 3 N–H and O–H groups in total. The average Bonchev–Trinajstić information content (AvgIpc) is 3.01. The van der Waals surface area contributed by atoms with Crippen molar-refractivity contribution in [3.05, 3.63) is 60.6 Å². The number of aromatic nitrogens is 4. The van der Waals surface area contributed by atoms with E-state index in [1.54, 1.807) is 25.6 Å². The molecule has 0 atom stereocenters. The summed E-state index contributed by atoms with van der Waals surface area (Å²) in [6.45, 7) is 2.05. The zero-order chi connectivity index (χ0) is 17.9. The first-order chi connectivity index (χ1) is 12.7. The smallest absolute Gasteiger partial charge is 0.229 e. The Labute approximate surface area is 150 Å². The summed E-state index contributed by atoms with van der Waals surface area (Å²) in [5.74, 6) is 1.72. The summed E-state index contributed by atoms with van der Waals surface area (Å²) in [5, 5.41) is 7.62. The zero-order valence-electron chi connectivity index (χ0n) is 14.4. The number of benzene rings is 1. The minimum Gasteiger partial charge on any atom is -0.481 e. The van der Waals surface area contributed by atoms with Gasteiger partial charge in [0.15, 0.2) is 0 Å². The Balaban J connectivity index is 1.54. The van der Waals surface area contributed by atoms with E-state index in [1.165, 1.54) is 0 Å². The van der Waals surface area contributed by atoms with Crippen molar-refractivity contribution >= 4 is 34.0 Å². The van der Waals surface area contributed by atoms with E-state index >= 15 is 0 Å². The van der Waals surface area contributed by atoms with Gasteiger partial charge < -0.3 is 20.4 Å². The molecule has 0 saturated carbocycles. The van der Waals surface area contributed by atoms with Gasteiger partial charge in [0.05, 0.1) is 7.11 Å². The lowest BCUT2D eigenvalue weighted by atomic mass is 10.2. The van der Waals surface area contributed by atoms with E-state index in [4.69, 9.17) is 4.74 Å². The molecule has 7 nitrogen and oxygen atoms in total. The second-order valence-corrected chi connectivity index (χ2v) is 5.86. The molecule has 4 rings (SSSR count). The third-order valence-corrected chi connectivity index (χ3v) is 3.88. The summed E-state index contributed by atoms with van der Waals surface area (Å²) in [6.07, 6.45) is 3.37. The van der Waals surface area contributed by atoms with Crippen LogP contribution in [-0.2, 0) is 0 Å². The summed E-state index contributed by atoms with van der Waals surface area (Å²) < 4.78 is 5.13. The first-order valence-corrected chi connectivity index (χ1v) is 8.16. The van der Waals surface area contributed by atoms with Crippen molar-refractivity contribution in [1.82, 2.24) is 19.9 Å². The highest BCUT2D eigenvalue weighted by molar-refractivity contribution is 5.84. The summed E-state index contributed by atoms with van der Waals surface area (Å²) in [6, 6.07) is 13.7. The highest BCUT2D eigenvalue weighted by Crippen LogP contribution is 2.23. The molecule has 0 bridgehead atoms. The largest absolute Gasteiger partial charge is 0.481 e. The van der Waals surface area contributed by atoms with Gasteiger partial charge >= 0.3 is 0 Å². The van der Waals surface area contributed by atoms with Crippen LogP contribution in [0.1, 0.15) is 5.69 Å². The van der Waals surface area contributed by atoms with Crippen molar-refractivity contribution in [3.8, 4) is 5.88 Å². The molecule has 130 valence electrons. The maximum absolute atomic E-state index is 5.13. The lowest BCUT2D eigenvalue weighted by Gasteiger charge is -2.09. The number of nitrogens with one attached hydrogen (secondary N) is 3. The second-order valence-electron chi connectivity index (χ2n) is 5.86. The number of hydrogen-bond donors (Lipinski definition) is 3. The predicted molar refractivity (Wildman–Crippen MR) is 102 cm³/mol. The Bertz CT molecular complexity index is 1060. The first-order valence-electron chi connectivity index (χ1n) is 8.16. The molecular weight excluding hydrogens is 328 g/mol. The number of fused-ring (bicyclic) bond motifs is 1. The third-order valence-electron chi connectivity index (χ3n) is 3.88. The van der Waals surface area contributed by atoms with Crippen LogP contribution < -0.4 is 15.4 Å². The minimum absolute atomic E-state index is 0.488. The van der Waals surface area contributed by atoms with Gasteiger partial charge in [0.2, 0.25) is 11.8 Å². The molecular formula is C19H18N6O. The zero-order valence-corrected chi connectivity index (χ0v) is 14.4. The number of methoxy groups -OCH3 is 1. The second kappa shape index (κ2) is 6.72. The van der Waals surface area contributed by atoms with E-state index in [0.29, 0.717) is 17.6 Å². The van der Waals surface area contributed by atoms with E-state index in [-0.39, 0.29) is 0 Å². The highest BCUT2D eigenvalue weighted by Gasteiger charge is 2.04. The quantitative estimate of drug-likeness (QED) is 0.503. The van der Waals surface area contributed by atoms with Crippen LogP contribution in [0.15, 0.2) is 54.9 Å². The fourth-order valence-electron chi connectivity index (χ4n) is 2.72. The number of aromatic amines is 1. The lowest BCUT2D eigenvalue weighted by Crippen LogP contribution is -2.00. The van der Waals surface area contributed by atoms with Crippen molar-refractivity contribution in [2.75, 3.05) is 17.7 Å². The number of pyridine rings is 1. The predicted octanol–water partition coefficient (Wildman–Crippen LogP) is 4.16. The Hall–Kier alpha value is -3.61. The number of rotatable bonds is 5. The van der Waals surface area contributed by atoms with Gasteiger partial charge in [-0.05, 0) is 43.3 Å². The molecule has 3 aromatic heterocycles. The minimum atomic E-state index is 0.488. The number of anilines is 4. The molecule has 0 aliphatic heterocycles. The molecule has 7 heteroatoms. The van der Waals surface area contributed by atoms with Gasteiger partial charge in [-0.2, -0.15) is 4.98 Å². The molecule has 0 fully saturated rings. The molecule has 1 aromatic carbocycles. The van der Waals surface area contributed by atoms with E-state index in [2.05, 4.69) is 42.7 Å². The van der Waals surface area contributed by atoms with Crippen molar-refractivity contribution in [3.63, 3.8) is 0 Å². The monoisotopic (exact) mass is 346 g/mol. The van der Waals surface area contributed by atoms with Crippen LogP contribution in [0.25, 0.3) is 10.9 Å². The molecule has 0 amide bonds. The van der Waals surface area contributed by atoms with Crippen LogP contribution in [0.4, 0.5) is 23.1 Å². The molecule has 0 unspecified atom stereocenters. The number of aryl methyl sites for hydroxylation is 1. The van der Waals surface area contributed by atoms with E-state index in [9.17, 15) is 0 Å². The Morgan fingerprint density at radius 2 is 1.77 bits per heavy atom. The average molecular weight is 346 g/mol. The Morgan fingerprint density at radius 1 is 0.923 bits per heavy atom. The molecule has 0 spiro atoms. The van der Waals surface area contributed by atoms with Crippen LogP contribution in [0.3, 0.4) is 0 Å². The third kappa shape index (κ3) is 3.41. The lowest BCUT2D eigenvalue weighted by molar-refractivity contribution is 0.398. The van der Waals surface area contributed by atoms with Gasteiger partial charge in [0.1, 0.15) is 5.82 Å². The topological polar surface area (TPSA) is 87.8 Å². The molecule has 3 heterocycles. The summed E-state index contributed by atoms with van der Waals surface area (Å²) in [7, 11) is 1.58. The summed E-state index contributed by atoms with van der Waals surface area (Å²) in [5.41, 5.74) is 4.02. The number of H-pyrrole nitrogens is 1. The van der Waals surface area contributed by atoms with Crippen molar-refractivity contribution in [2.45, 2.75) is 6.92 Å². The van der Waals surface area contributed by atoms with Crippen molar-refractivity contribution in [2.24, 2.45) is 0 Å². The van der Waals surface area contributed by atoms with Gasteiger partial charge in [-0.15, -0.1) is 0 Å². The van der Waals surface area contributed by atoms with Gasteiger partial charge in [0, 0.05) is 46.4 Å². The molecule has 0 aliphatic rings. The maximum Gasteiger partial charge on any atom is 0.229 e. The molecule has 0 saturated heterocycles. The van der Waals surface area contributed by atoms with Gasteiger partial charge in [-0.1, -0.05) is 0 Å². The number of nitrogens with zero attached hydrogens (tertiary/aromatic N) is 3. The normalized spacial score (nSPS) is 10.7. The standard InChI is InChI=1S/C19H18N6O/c1-12-9-13-10-14(3-4-16(13)22-12)23-17-6-8-21-19(25-17)24-15-5-7-20-18(11-15)26-2/h3-11,22H,1-2H3,(H2,20,21,23,24,25). The Morgan fingerprint density at radius 3 is 2.65 bits per heavy atom. The van der Waals surface area contributed by atoms with Crippen LogP contribution in [0.2, 0.25) is 0 Å².